The predicted molar refractivity (Wildman–Crippen MR) is 74.0 cm³/mol. The van der Waals surface area contributed by atoms with Crippen molar-refractivity contribution in [3.8, 4) is 0 Å². The lowest BCUT2D eigenvalue weighted by Crippen LogP contribution is -2.17. The molecule has 0 N–H and O–H groups in total. The zero-order chi connectivity index (χ0) is 14.7. The summed E-state index contributed by atoms with van der Waals surface area (Å²) in [6, 6.07) is 6.49. The zero-order valence-corrected chi connectivity index (χ0v) is 12.0. The lowest BCUT2D eigenvalue weighted by atomic mass is 10.1. The highest BCUT2D eigenvalue weighted by Gasteiger charge is 2.23. The Morgan fingerprint density at radius 1 is 1.29 bits per heavy atom. The third-order valence-electron chi connectivity index (χ3n) is 3.55. The molecule has 1 atom stereocenters. The average molecular weight is 291 g/mol. The van der Waals surface area contributed by atoms with Crippen molar-refractivity contribution in [1.29, 1.82) is 0 Å². The van der Waals surface area contributed by atoms with Gasteiger partial charge in [-0.25, -0.2) is 4.39 Å². The van der Waals surface area contributed by atoms with Crippen LogP contribution >= 0.6 is 0 Å². The third kappa shape index (κ3) is 3.65. The number of nitrogens with zero attached hydrogens (tertiary/aromatic N) is 3. The summed E-state index contributed by atoms with van der Waals surface area (Å²) in [5, 5.41) is 4.03. The van der Waals surface area contributed by atoms with Gasteiger partial charge >= 0.3 is 0 Å². The molecule has 1 aliphatic heterocycles. The van der Waals surface area contributed by atoms with E-state index in [1.807, 2.05) is 7.05 Å². The Kier molecular flexibility index (Phi) is 4.26. The maximum atomic E-state index is 12.9. The van der Waals surface area contributed by atoms with Gasteiger partial charge < -0.3 is 9.26 Å². The number of ether oxygens (including phenoxy) is 1. The van der Waals surface area contributed by atoms with Crippen LogP contribution in [-0.2, 0) is 17.8 Å². The van der Waals surface area contributed by atoms with Gasteiger partial charge in [0.05, 0.1) is 13.2 Å². The largest absolute Gasteiger partial charge is 0.381 e. The molecule has 112 valence electrons. The summed E-state index contributed by atoms with van der Waals surface area (Å²) in [7, 11) is 1.96. The summed E-state index contributed by atoms with van der Waals surface area (Å²) in [6.45, 7) is 2.70. The second-order valence-corrected chi connectivity index (χ2v) is 5.41. The fourth-order valence-corrected chi connectivity index (χ4v) is 2.42. The molecule has 21 heavy (non-hydrogen) atoms. The maximum absolute atomic E-state index is 12.9. The molecule has 0 bridgehead atoms. The van der Waals surface area contributed by atoms with Crippen molar-refractivity contribution in [3.63, 3.8) is 0 Å². The van der Waals surface area contributed by atoms with E-state index < -0.39 is 0 Å². The second-order valence-electron chi connectivity index (χ2n) is 5.41. The Bertz CT molecular complexity index is 579. The molecule has 1 aromatic heterocycles. The fraction of sp³-hybridized carbons (Fsp3) is 0.467. The quantitative estimate of drug-likeness (QED) is 0.846. The molecular weight excluding hydrogens is 273 g/mol. The molecule has 0 aliphatic carbocycles. The van der Waals surface area contributed by atoms with Crippen LogP contribution in [0.2, 0.25) is 0 Å². The molecule has 0 spiro atoms. The Balaban J connectivity index is 1.56. The van der Waals surface area contributed by atoms with Crippen LogP contribution in [0.4, 0.5) is 4.39 Å². The van der Waals surface area contributed by atoms with Crippen LogP contribution in [0.1, 0.15) is 29.6 Å². The maximum Gasteiger partial charge on any atom is 0.240 e. The van der Waals surface area contributed by atoms with Crippen molar-refractivity contribution in [3.05, 3.63) is 47.4 Å². The SMILES string of the molecule is CN(Cc1ccc(F)cc1)Cc1nc([C@H]2CCOC2)no1. The topological polar surface area (TPSA) is 51.4 Å². The van der Waals surface area contributed by atoms with E-state index in [2.05, 4.69) is 15.0 Å². The first-order valence-electron chi connectivity index (χ1n) is 7.04. The summed E-state index contributed by atoms with van der Waals surface area (Å²) in [5.41, 5.74) is 1.04. The highest BCUT2D eigenvalue weighted by Crippen LogP contribution is 2.22. The van der Waals surface area contributed by atoms with E-state index in [9.17, 15) is 4.39 Å². The first-order valence-corrected chi connectivity index (χ1v) is 7.04. The van der Waals surface area contributed by atoms with Crippen LogP contribution in [-0.4, -0.2) is 35.3 Å². The first kappa shape index (κ1) is 14.2. The lowest BCUT2D eigenvalue weighted by Gasteiger charge is -2.13. The fourth-order valence-electron chi connectivity index (χ4n) is 2.42. The summed E-state index contributed by atoms with van der Waals surface area (Å²) in [5.74, 6) is 1.37. The van der Waals surface area contributed by atoms with Crippen LogP contribution in [0.15, 0.2) is 28.8 Å². The van der Waals surface area contributed by atoms with E-state index in [0.29, 0.717) is 25.6 Å². The van der Waals surface area contributed by atoms with Crippen molar-refractivity contribution < 1.29 is 13.7 Å². The number of hydrogen-bond acceptors (Lipinski definition) is 5. The minimum Gasteiger partial charge on any atom is -0.381 e. The van der Waals surface area contributed by atoms with Crippen molar-refractivity contribution in [2.45, 2.75) is 25.4 Å². The van der Waals surface area contributed by atoms with E-state index in [1.54, 1.807) is 12.1 Å². The zero-order valence-electron chi connectivity index (χ0n) is 12.0. The minimum atomic E-state index is -0.221. The molecule has 1 saturated heterocycles. The molecule has 3 rings (SSSR count). The van der Waals surface area contributed by atoms with Crippen molar-refractivity contribution in [2.24, 2.45) is 0 Å². The monoisotopic (exact) mass is 291 g/mol. The molecule has 1 aliphatic rings. The first-order chi connectivity index (χ1) is 10.2. The number of hydrogen-bond donors (Lipinski definition) is 0. The summed E-state index contributed by atoms with van der Waals surface area (Å²) < 4.78 is 23.5. The minimum absolute atomic E-state index is 0.221. The van der Waals surface area contributed by atoms with E-state index >= 15 is 0 Å². The molecule has 2 aromatic rings. The van der Waals surface area contributed by atoms with E-state index in [-0.39, 0.29) is 11.7 Å². The second kappa shape index (κ2) is 6.32. The Morgan fingerprint density at radius 3 is 2.81 bits per heavy atom. The van der Waals surface area contributed by atoms with Crippen LogP contribution < -0.4 is 0 Å². The van der Waals surface area contributed by atoms with Crippen LogP contribution in [0.25, 0.3) is 0 Å². The van der Waals surface area contributed by atoms with E-state index in [1.165, 1.54) is 12.1 Å². The van der Waals surface area contributed by atoms with Crippen LogP contribution in [0, 0.1) is 5.82 Å². The van der Waals surface area contributed by atoms with Crippen molar-refractivity contribution >= 4 is 0 Å². The molecular formula is C15H18FN3O2. The molecule has 6 heteroatoms. The third-order valence-corrected chi connectivity index (χ3v) is 3.55. The molecule has 0 amide bonds. The number of aromatic nitrogens is 2. The summed E-state index contributed by atoms with van der Waals surface area (Å²) >= 11 is 0. The van der Waals surface area contributed by atoms with Gasteiger partial charge in [-0.3, -0.25) is 4.90 Å². The van der Waals surface area contributed by atoms with Gasteiger partial charge in [0.25, 0.3) is 0 Å². The standard InChI is InChI=1S/C15H18FN3O2/c1-19(8-11-2-4-13(16)5-3-11)9-14-17-15(18-21-14)12-6-7-20-10-12/h2-5,12H,6-10H2,1H3/t12-/m0/s1. The normalized spacial score (nSPS) is 18.5. The number of benzene rings is 1. The van der Waals surface area contributed by atoms with Gasteiger partial charge in [0.2, 0.25) is 5.89 Å². The van der Waals surface area contributed by atoms with Crippen molar-refractivity contribution in [2.75, 3.05) is 20.3 Å². The Hall–Kier alpha value is -1.79. The lowest BCUT2D eigenvalue weighted by molar-refractivity contribution is 0.192. The van der Waals surface area contributed by atoms with Crippen LogP contribution in [0.3, 0.4) is 0 Å². The molecule has 0 unspecified atom stereocenters. The van der Waals surface area contributed by atoms with Gasteiger partial charge in [0, 0.05) is 19.1 Å². The van der Waals surface area contributed by atoms with Gasteiger partial charge in [-0.05, 0) is 31.2 Å². The van der Waals surface area contributed by atoms with Gasteiger partial charge in [-0.1, -0.05) is 17.3 Å². The average Bonchev–Trinajstić information content (AvgIpc) is 3.12. The molecule has 2 heterocycles. The van der Waals surface area contributed by atoms with E-state index in [4.69, 9.17) is 9.26 Å². The molecule has 1 fully saturated rings. The summed E-state index contributed by atoms with van der Waals surface area (Å²) in [6.07, 6.45) is 0.949. The highest BCUT2D eigenvalue weighted by atomic mass is 19.1. The van der Waals surface area contributed by atoms with Gasteiger partial charge in [0.1, 0.15) is 5.82 Å². The van der Waals surface area contributed by atoms with Gasteiger partial charge in [0.15, 0.2) is 5.82 Å². The smallest absolute Gasteiger partial charge is 0.240 e. The predicted octanol–water partition coefficient (Wildman–Crippen LogP) is 2.34. The molecule has 0 saturated carbocycles. The number of rotatable bonds is 5. The Morgan fingerprint density at radius 2 is 2.10 bits per heavy atom. The Labute approximate surface area is 122 Å². The van der Waals surface area contributed by atoms with Crippen LogP contribution in [0.5, 0.6) is 0 Å². The molecule has 1 aromatic carbocycles. The van der Waals surface area contributed by atoms with Crippen molar-refractivity contribution in [1.82, 2.24) is 15.0 Å². The van der Waals surface area contributed by atoms with E-state index in [0.717, 1.165) is 24.4 Å². The summed E-state index contributed by atoms with van der Waals surface area (Å²) in [4.78, 5) is 6.48. The number of halogens is 1. The molecule has 5 nitrogen and oxygen atoms in total. The highest BCUT2D eigenvalue weighted by molar-refractivity contribution is 5.15. The van der Waals surface area contributed by atoms with Gasteiger partial charge in [-0.2, -0.15) is 4.98 Å². The molecule has 0 radical (unpaired) electrons. The van der Waals surface area contributed by atoms with Gasteiger partial charge in [-0.15, -0.1) is 0 Å².